The van der Waals surface area contributed by atoms with Gasteiger partial charge in [0.2, 0.25) is 5.91 Å². The Morgan fingerprint density at radius 2 is 1.86 bits per heavy atom. The first-order valence-electron chi connectivity index (χ1n) is 7.52. The molecule has 0 amide bonds. The lowest BCUT2D eigenvalue weighted by Crippen LogP contribution is -2.02. The first kappa shape index (κ1) is 11.8. The molecule has 0 fully saturated rings. The maximum atomic E-state index is 12.5. The van der Waals surface area contributed by atoms with Gasteiger partial charge < -0.3 is 4.98 Å². The van der Waals surface area contributed by atoms with Crippen molar-refractivity contribution >= 4 is 27.7 Å². The van der Waals surface area contributed by atoms with Crippen LogP contribution in [0.25, 0.3) is 21.8 Å². The van der Waals surface area contributed by atoms with Crippen molar-refractivity contribution in [3.05, 3.63) is 72.1 Å². The first-order chi connectivity index (χ1) is 10.8. The molecule has 0 spiro atoms. The number of fused-ring (bicyclic) bond motifs is 4. The Kier molecular flexibility index (Phi) is 2.20. The summed E-state index contributed by atoms with van der Waals surface area (Å²) in [7, 11) is 0. The van der Waals surface area contributed by atoms with Crippen molar-refractivity contribution in [2.75, 3.05) is 0 Å². The molecule has 0 bridgehead atoms. The highest BCUT2D eigenvalue weighted by atomic mass is 16.2. The molecule has 5 rings (SSSR count). The van der Waals surface area contributed by atoms with Crippen molar-refractivity contribution in [1.82, 2.24) is 9.55 Å². The number of carbonyl (C=O) groups excluding carboxylic acids is 1. The maximum Gasteiger partial charge on any atom is 0.232 e. The molecule has 0 radical (unpaired) electrons. The molecule has 2 aromatic heterocycles. The fourth-order valence-electron chi connectivity index (χ4n) is 3.73. The van der Waals surface area contributed by atoms with Crippen molar-refractivity contribution in [3.8, 4) is 0 Å². The van der Waals surface area contributed by atoms with Crippen LogP contribution in [0, 0.1) is 0 Å². The highest BCUT2D eigenvalue weighted by molar-refractivity contribution is 5.98. The number of benzene rings is 2. The Morgan fingerprint density at radius 3 is 2.82 bits per heavy atom. The summed E-state index contributed by atoms with van der Waals surface area (Å²) < 4.78 is 1.89. The highest BCUT2D eigenvalue weighted by Gasteiger charge is 2.33. The van der Waals surface area contributed by atoms with E-state index in [2.05, 4.69) is 35.4 Å². The van der Waals surface area contributed by atoms with Crippen molar-refractivity contribution in [2.24, 2.45) is 0 Å². The summed E-state index contributed by atoms with van der Waals surface area (Å²) in [5.41, 5.74) is 4.46. The minimum absolute atomic E-state index is 0.135. The molecule has 106 valence electrons. The van der Waals surface area contributed by atoms with Crippen LogP contribution in [-0.2, 0) is 0 Å². The number of hydrogen-bond acceptors (Lipinski definition) is 1. The van der Waals surface area contributed by atoms with Crippen LogP contribution < -0.4 is 0 Å². The zero-order chi connectivity index (χ0) is 14.7. The Hall–Kier alpha value is -2.81. The normalized spacial score (nSPS) is 17.5. The van der Waals surface area contributed by atoms with Gasteiger partial charge in [-0.25, -0.2) is 0 Å². The van der Waals surface area contributed by atoms with E-state index in [1.54, 1.807) is 0 Å². The van der Waals surface area contributed by atoms with E-state index in [-0.39, 0.29) is 11.8 Å². The Labute approximate surface area is 127 Å². The van der Waals surface area contributed by atoms with Crippen molar-refractivity contribution in [3.63, 3.8) is 0 Å². The van der Waals surface area contributed by atoms with Gasteiger partial charge in [0, 0.05) is 40.5 Å². The maximum absolute atomic E-state index is 12.5. The topological polar surface area (TPSA) is 37.8 Å². The number of aromatic amines is 1. The van der Waals surface area contributed by atoms with E-state index >= 15 is 0 Å². The molecule has 1 atom stereocenters. The van der Waals surface area contributed by atoms with Crippen LogP contribution in [0.5, 0.6) is 0 Å². The summed E-state index contributed by atoms with van der Waals surface area (Å²) in [5.74, 6) is 0.322. The summed E-state index contributed by atoms with van der Waals surface area (Å²) in [6.45, 7) is 0. The molecular weight excluding hydrogens is 272 g/mol. The standard InChI is InChI=1S/C19H14N2O/c22-19-10-14(15-11-20-16-7-3-2-6-13(15)16)18-9-12-5-1-4-8-17(12)21(18)19/h1-9,11,14,20H,10H2. The smallest absolute Gasteiger partial charge is 0.232 e. The predicted molar refractivity (Wildman–Crippen MR) is 87.3 cm³/mol. The molecule has 1 N–H and O–H groups in total. The fraction of sp³-hybridized carbons (Fsp3) is 0.105. The van der Waals surface area contributed by atoms with Gasteiger partial charge in [-0.3, -0.25) is 9.36 Å². The third kappa shape index (κ3) is 1.43. The number of nitrogens with zero attached hydrogens (tertiary/aromatic N) is 1. The van der Waals surface area contributed by atoms with Gasteiger partial charge in [-0.1, -0.05) is 36.4 Å². The SMILES string of the molecule is O=C1CC(c2c[nH]c3ccccc23)c2cc3ccccc3n21. The third-order valence-electron chi connectivity index (χ3n) is 4.72. The molecule has 2 aromatic carbocycles. The number of rotatable bonds is 1. The van der Waals surface area contributed by atoms with E-state index in [9.17, 15) is 4.79 Å². The van der Waals surface area contributed by atoms with E-state index < -0.39 is 0 Å². The van der Waals surface area contributed by atoms with Crippen LogP contribution in [0.2, 0.25) is 0 Å². The monoisotopic (exact) mass is 286 g/mol. The molecule has 1 aliphatic rings. The van der Waals surface area contributed by atoms with Gasteiger partial charge in [0.15, 0.2) is 0 Å². The minimum atomic E-state index is 0.135. The zero-order valence-corrected chi connectivity index (χ0v) is 11.9. The van der Waals surface area contributed by atoms with Gasteiger partial charge in [-0.05, 0) is 23.8 Å². The Morgan fingerprint density at radius 1 is 1.05 bits per heavy atom. The zero-order valence-electron chi connectivity index (χ0n) is 11.9. The van der Waals surface area contributed by atoms with Gasteiger partial charge in [-0.15, -0.1) is 0 Å². The van der Waals surface area contributed by atoms with Crippen LogP contribution in [-0.4, -0.2) is 15.5 Å². The lowest BCUT2D eigenvalue weighted by Gasteiger charge is -2.07. The van der Waals surface area contributed by atoms with Crippen molar-refractivity contribution in [1.29, 1.82) is 0 Å². The van der Waals surface area contributed by atoms with E-state index in [0.717, 1.165) is 22.1 Å². The molecule has 3 nitrogen and oxygen atoms in total. The van der Waals surface area contributed by atoms with Gasteiger partial charge in [0.1, 0.15) is 0 Å². The molecule has 4 aromatic rings. The van der Waals surface area contributed by atoms with Crippen LogP contribution in [0.1, 0.15) is 28.4 Å². The molecule has 1 unspecified atom stereocenters. The van der Waals surface area contributed by atoms with Gasteiger partial charge in [0.25, 0.3) is 0 Å². The lowest BCUT2D eigenvalue weighted by molar-refractivity contribution is 0.0926. The van der Waals surface area contributed by atoms with E-state index in [0.29, 0.717) is 6.42 Å². The van der Waals surface area contributed by atoms with Gasteiger partial charge in [-0.2, -0.15) is 0 Å². The number of hydrogen-bond donors (Lipinski definition) is 1. The molecule has 3 heterocycles. The average Bonchev–Trinajstić information content (AvgIpc) is 3.20. The van der Waals surface area contributed by atoms with Crippen LogP contribution in [0.15, 0.2) is 60.8 Å². The molecule has 22 heavy (non-hydrogen) atoms. The largest absolute Gasteiger partial charge is 0.361 e. The Bertz CT molecular complexity index is 1040. The number of H-pyrrole nitrogens is 1. The second kappa shape index (κ2) is 4.10. The van der Waals surface area contributed by atoms with Crippen molar-refractivity contribution in [2.45, 2.75) is 12.3 Å². The molecular formula is C19H14N2O. The summed E-state index contributed by atoms with van der Waals surface area (Å²) >= 11 is 0. The number of para-hydroxylation sites is 2. The number of nitrogens with one attached hydrogen (secondary N) is 1. The average molecular weight is 286 g/mol. The van der Waals surface area contributed by atoms with Crippen LogP contribution in [0.4, 0.5) is 0 Å². The first-order valence-corrected chi connectivity index (χ1v) is 7.52. The summed E-state index contributed by atoms with van der Waals surface area (Å²) in [5, 5.41) is 2.34. The third-order valence-corrected chi connectivity index (χ3v) is 4.72. The summed E-state index contributed by atoms with van der Waals surface area (Å²) in [4.78, 5) is 15.9. The molecule has 0 saturated carbocycles. The molecule has 1 aliphatic heterocycles. The van der Waals surface area contributed by atoms with Crippen molar-refractivity contribution < 1.29 is 4.79 Å². The lowest BCUT2D eigenvalue weighted by atomic mass is 9.94. The van der Waals surface area contributed by atoms with Crippen LogP contribution >= 0.6 is 0 Å². The number of carbonyl (C=O) groups is 1. The van der Waals surface area contributed by atoms with Gasteiger partial charge >= 0.3 is 0 Å². The highest BCUT2D eigenvalue weighted by Crippen LogP contribution is 2.40. The molecule has 0 saturated heterocycles. The molecule has 3 heteroatoms. The van der Waals surface area contributed by atoms with E-state index in [1.807, 2.05) is 34.9 Å². The van der Waals surface area contributed by atoms with E-state index in [4.69, 9.17) is 0 Å². The Balaban J connectivity index is 1.78. The fourth-order valence-corrected chi connectivity index (χ4v) is 3.73. The second-order valence-electron chi connectivity index (χ2n) is 5.90. The quantitative estimate of drug-likeness (QED) is 0.556. The van der Waals surface area contributed by atoms with E-state index in [1.165, 1.54) is 10.9 Å². The predicted octanol–water partition coefficient (Wildman–Crippen LogP) is 4.30. The number of aromatic nitrogens is 2. The summed E-state index contributed by atoms with van der Waals surface area (Å²) in [6.07, 6.45) is 2.60. The minimum Gasteiger partial charge on any atom is -0.361 e. The van der Waals surface area contributed by atoms with Crippen LogP contribution in [0.3, 0.4) is 0 Å². The van der Waals surface area contributed by atoms with Gasteiger partial charge in [0.05, 0.1) is 5.52 Å². The molecule has 0 aliphatic carbocycles. The summed E-state index contributed by atoms with van der Waals surface area (Å²) in [6, 6.07) is 18.5. The second-order valence-corrected chi connectivity index (χ2v) is 5.90.